The number of likely N-dealkylation sites (N-methyl/N-ethyl adjacent to an activating group) is 1. The van der Waals surface area contributed by atoms with Gasteiger partial charge in [-0.1, -0.05) is 6.07 Å². The molecule has 0 bridgehead atoms. The van der Waals surface area contributed by atoms with Crippen LogP contribution >= 0.6 is 0 Å². The standard InChI is InChI=1S/C18H24N4O3/c1-21(14-17-7-3-11-24-17)18(23)20-15-5-2-6-16(13-15)25-12-10-22-9-4-8-19-22/h2,4-6,8-9,13,17H,3,7,10-12,14H2,1H3,(H,20,23)/t17-/m1/s1. The summed E-state index contributed by atoms with van der Waals surface area (Å²) in [5, 5.41) is 7.02. The van der Waals surface area contributed by atoms with Crippen molar-refractivity contribution < 1.29 is 14.3 Å². The van der Waals surface area contributed by atoms with Gasteiger partial charge in [0.15, 0.2) is 0 Å². The zero-order valence-corrected chi connectivity index (χ0v) is 14.4. The van der Waals surface area contributed by atoms with Crippen LogP contribution in [0.3, 0.4) is 0 Å². The van der Waals surface area contributed by atoms with E-state index < -0.39 is 0 Å². The van der Waals surface area contributed by atoms with Crippen molar-refractivity contribution in [1.29, 1.82) is 0 Å². The highest BCUT2D eigenvalue weighted by molar-refractivity contribution is 5.89. The first kappa shape index (κ1) is 17.3. The highest BCUT2D eigenvalue weighted by atomic mass is 16.5. The Morgan fingerprint density at radius 1 is 1.48 bits per heavy atom. The largest absolute Gasteiger partial charge is 0.492 e. The number of amides is 2. The van der Waals surface area contributed by atoms with Crippen LogP contribution in [0.2, 0.25) is 0 Å². The lowest BCUT2D eigenvalue weighted by atomic mass is 10.2. The molecule has 0 unspecified atom stereocenters. The molecule has 25 heavy (non-hydrogen) atoms. The number of nitrogens with one attached hydrogen (secondary N) is 1. The average molecular weight is 344 g/mol. The number of aromatic nitrogens is 2. The third-order valence-corrected chi connectivity index (χ3v) is 4.08. The number of carbonyl (C=O) groups is 1. The highest BCUT2D eigenvalue weighted by Gasteiger charge is 2.20. The summed E-state index contributed by atoms with van der Waals surface area (Å²) in [6, 6.07) is 9.13. The minimum Gasteiger partial charge on any atom is -0.492 e. The van der Waals surface area contributed by atoms with Crippen molar-refractivity contribution >= 4 is 11.7 Å². The summed E-state index contributed by atoms with van der Waals surface area (Å²) in [6.07, 6.45) is 5.86. The fourth-order valence-corrected chi connectivity index (χ4v) is 2.75. The van der Waals surface area contributed by atoms with Gasteiger partial charge < -0.3 is 19.7 Å². The van der Waals surface area contributed by atoms with E-state index in [-0.39, 0.29) is 12.1 Å². The summed E-state index contributed by atoms with van der Waals surface area (Å²) in [5.74, 6) is 0.715. The summed E-state index contributed by atoms with van der Waals surface area (Å²) in [4.78, 5) is 13.9. The second-order valence-corrected chi connectivity index (χ2v) is 6.09. The summed E-state index contributed by atoms with van der Waals surface area (Å²) in [5.41, 5.74) is 0.709. The molecule has 1 aliphatic heterocycles. The number of urea groups is 1. The van der Waals surface area contributed by atoms with Gasteiger partial charge in [-0.15, -0.1) is 0 Å². The molecule has 2 aromatic rings. The van der Waals surface area contributed by atoms with Crippen LogP contribution in [0.4, 0.5) is 10.5 Å². The van der Waals surface area contributed by atoms with E-state index >= 15 is 0 Å². The van der Waals surface area contributed by atoms with Crippen LogP contribution in [-0.4, -0.2) is 53.6 Å². The van der Waals surface area contributed by atoms with E-state index in [2.05, 4.69) is 10.4 Å². The molecule has 0 radical (unpaired) electrons. The van der Waals surface area contributed by atoms with Crippen molar-refractivity contribution in [2.24, 2.45) is 0 Å². The molecule has 3 rings (SSSR count). The number of rotatable bonds is 7. The molecule has 1 aromatic carbocycles. The molecule has 0 saturated carbocycles. The van der Waals surface area contributed by atoms with E-state index in [0.717, 1.165) is 19.4 Å². The van der Waals surface area contributed by atoms with Gasteiger partial charge in [0.05, 0.1) is 12.6 Å². The van der Waals surface area contributed by atoms with E-state index in [1.807, 2.05) is 41.2 Å². The maximum absolute atomic E-state index is 12.3. The van der Waals surface area contributed by atoms with Crippen molar-refractivity contribution in [3.8, 4) is 5.75 Å². The van der Waals surface area contributed by atoms with Gasteiger partial charge in [0.25, 0.3) is 0 Å². The normalized spacial score (nSPS) is 16.6. The van der Waals surface area contributed by atoms with Crippen molar-refractivity contribution in [1.82, 2.24) is 14.7 Å². The number of carbonyl (C=O) groups excluding carboxylic acids is 1. The van der Waals surface area contributed by atoms with Crippen LogP contribution in [0.5, 0.6) is 5.75 Å². The predicted molar refractivity (Wildman–Crippen MR) is 94.8 cm³/mol. The SMILES string of the molecule is CN(C[C@H]1CCCO1)C(=O)Nc1cccc(OCCn2cccn2)c1. The van der Waals surface area contributed by atoms with Gasteiger partial charge in [-0.05, 0) is 31.0 Å². The molecule has 0 aliphatic carbocycles. The summed E-state index contributed by atoms with van der Waals surface area (Å²) in [6.45, 7) is 2.58. The third-order valence-electron chi connectivity index (χ3n) is 4.08. The van der Waals surface area contributed by atoms with Crippen molar-refractivity contribution in [3.63, 3.8) is 0 Å². The molecule has 2 heterocycles. The second kappa shape index (κ2) is 8.53. The van der Waals surface area contributed by atoms with Gasteiger partial charge >= 0.3 is 6.03 Å². The molecule has 7 heteroatoms. The monoisotopic (exact) mass is 344 g/mol. The van der Waals surface area contributed by atoms with Crippen LogP contribution in [0.25, 0.3) is 0 Å². The molecule has 1 atom stereocenters. The number of anilines is 1. The second-order valence-electron chi connectivity index (χ2n) is 6.09. The minimum atomic E-state index is -0.149. The third kappa shape index (κ3) is 5.22. The molecule has 1 N–H and O–H groups in total. The number of hydrogen-bond acceptors (Lipinski definition) is 4. The lowest BCUT2D eigenvalue weighted by Gasteiger charge is -2.21. The Hall–Kier alpha value is -2.54. The minimum absolute atomic E-state index is 0.146. The zero-order valence-electron chi connectivity index (χ0n) is 14.4. The van der Waals surface area contributed by atoms with Gasteiger partial charge in [-0.2, -0.15) is 5.10 Å². The Balaban J connectivity index is 1.47. The Kier molecular flexibility index (Phi) is 5.90. The highest BCUT2D eigenvalue weighted by Crippen LogP contribution is 2.18. The zero-order chi connectivity index (χ0) is 17.5. The van der Waals surface area contributed by atoms with Crippen LogP contribution in [0, 0.1) is 0 Å². The Labute approximate surface area is 147 Å². The Morgan fingerprint density at radius 2 is 2.40 bits per heavy atom. The molecule has 0 spiro atoms. The maximum Gasteiger partial charge on any atom is 0.321 e. The van der Waals surface area contributed by atoms with Crippen LogP contribution in [0.1, 0.15) is 12.8 Å². The molecule has 1 aliphatic rings. The molecule has 1 saturated heterocycles. The van der Waals surface area contributed by atoms with E-state index in [9.17, 15) is 4.79 Å². The van der Waals surface area contributed by atoms with E-state index in [4.69, 9.17) is 9.47 Å². The summed E-state index contributed by atoms with van der Waals surface area (Å²) >= 11 is 0. The molecule has 7 nitrogen and oxygen atoms in total. The van der Waals surface area contributed by atoms with Crippen LogP contribution in [0.15, 0.2) is 42.7 Å². The predicted octanol–water partition coefficient (Wildman–Crippen LogP) is 2.60. The lowest BCUT2D eigenvalue weighted by molar-refractivity contribution is 0.0894. The van der Waals surface area contributed by atoms with Gasteiger partial charge in [0.1, 0.15) is 12.4 Å². The van der Waals surface area contributed by atoms with E-state index in [0.29, 0.717) is 31.1 Å². The first-order valence-electron chi connectivity index (χ1n) is 8.55. The number of hydrogen-bond donors (Lipinski definition) is 1. The molecule has 2 amide bonds. The lowest BCUT2D eigenvalue weighted by Crippen LogP contribution is -2.37. The van der Waals surface area contributed by atoms with Crippen molar-refractivity contribution in [2.75, 3.05) is 32.1 Å². The molecular formula is C18H24N4O3. The van der Waals surface area contributed by atoms with Crippen molar-refractivity contribution in [3.05, 3.63) is 42.7 Å². The van der Waals surface area contributed by atoms with Gasteiger partial charge in [0.2, 0.25) is 0 Å². The number of ether oxygens (including phenoxy) is 2. The number of nitrogens with zero attached hydrogens (tertiary/aromatic N) is 3. The van der Waals surface area contributed by atoms with Gasteiger partial charge in [-0.3, -0.25) is 4.68 Å². The van der Waals surface area contributed by atoms with Crippen LogP contribution < -0.4 is 10.1 Å². The van der Waals surface area contributed by atoms with E-state index in [1.54, 1.807) is 18.1 Å². The fourth-order valence-electron chi connectivity index (χ4n) is 2.75. The molecule has 1 aromatic heterocycles. The topological polar surface area (TPSA) is 68.6 Å². The number of benzene rings is 1. The fraction of sp³-hybridized carbons (Fsp3) is 0.444. The van der Waals surface area contributed by atoms with Crippen molar-refractivity contribution in [2.45, 2.75) is 25.5 Å². The maximum atomic E-state index is 12.3. The molecule has 134 valence electrons. The Bertz CT molecular complexity index is 669. The van der Waals surface area contributed by atoms with Gasteiger partial charge in [-0.25, -0.2) is 4.79 Å². The first-order chi connectivity index (χ1) is 12.2. The Morgan fingerprint density at radius 3 is 3.16 bits per heavy atom. The molecule has 1 fully saturated rings. The smallest absolute Gasteiger partial charge is 0.321 e. The quantitative estimate of drug-likeness (QED) is 0.838. The van der Waals surface area contributed by atoms with E-state index in [1.165, 1.54) is 0 Å². The summed E-state index contributed by atoms with van der Waals surface area (Å²) < 4.78 is 13.1. The molecular weight excluding hydrogens is 320 g/mol. The average Bonchev–Trinajstić information content (AvgIpc) is 3.29. The van der Waals surface area contributed by atoms with Gasteiger partial charge in [0, 0.05) is 44.3 Å². The summed E-state index contributed by atoms with van der Waals surface area (Å²) in [7, 11) is 1.78. The first-order valence-corrected chi connectivity index (χ1v) is 8.55. The van der Waals surface area contributed by atoms with Crippen LogP contribution in [-0.2, 0) is 11.3 Å².